The summed E-state index contributed by atoms with van der Waals surface area (Å²) >= 11 is 0. The molecular weight excluding hydrogens is 210 g/mol. The van der Waals surface area contributed by atoms with Gasteiger partial charge in [-0.15, -0.1) is 0 Å². The summed E-state index contributed by atoms with van der Waals surface area (Å²) < 4.78 is 15.9. The molecule has 0 aromatic carbocycles. The molecule has 0 aliphatic carbocycles. The van der Waals surface area contributed by atoms with Crippen molar-refractivity contribution in [3.8, 4) is 0 Å². The Balaban J connectivity index is 2.22. The quantitative estimate of drug-likeness (QED) is 0.572. The van der Waals surface area contributed by atoms with Crippen molar-refractivity contribution in [2.75, 3.05) is 53.2 Å². The summed E-state index contributed by atoms with van der Waals surface area (Å²) in [6.07, 6.45) is 1.38. The van der Waals surface area contributed by atoms with E-state index in [1.165, 1.54) is 0 Å². The molecule has 5 heteroatoms. The van der Waals surface area contributed by atoms with Crippen LogP contribution >= 0.6 is 0 Å². The lowest BCUT2D eigenvalue weighted by molar-refractivity contribution is -0.108. The second kappa shape index (κ2) is 8.90. The molecule has 1 aliphatic heterocycles. The Hall–Kier alpha value is -0.200. The first-order valence-electron chi connectivity index (χ1n) is 5.89. The topological polar surface area (TPSA) is 50.8 Å². The van der Waals surface area contributed by atoms with Gasteiger partial charge in [-0.25, -0.2) is 5.11 Å². The van der Waals surface area contributed by atoms with Gasteiger partial charge >= 0.3 is 0 Å². The molecule has 5 nitrogen and oxygen atoms in total. The molecular formula is C11H22NO4. The molecule has 0 N–H and O–H groups in total. The maximum absolute atomic E-state index is 10.7. The summed E-state index contributed by atoms with van der Waals surface area (Å²) in [7, 11) is 1.68. The molecule has 0 spiro atoms. The van der Waals surface area contributed by atoms with Gasteiger partial charge in [0.25, 0.3) is 0 Å². The molecule has 1 heterocycles. The van der Waals surface area contributed by atoms with Crippen LogP contribution in [0.4, 0.5) is 0 Å². The third-order valence-electron chi connectivity index (χ3n) is 2.62. The first-order chi connectivity index (χ1) is 7.88. The molecule has 0 aromatic rings. The van der Waals surface area contributed by atoms with Crippen molar-refractivity contribution in [2.45, 2.75) is 19.1 Å². The van der Waals surface area contributed by atoms with E-state index in [1.54, 1.807) is 7.11 Å². The Kier molecular flexibility index (Phi) is 7.71. The van der Waals surface area contributed by atoms with E-state index in [1.807, 2.05) is 0 Å². The highest BCUT2D eigenvalue weighted by atomic mass is 16.5. The van der Waals surface area contributed by atoms with Crippen LogP contribution in [0.3, 0.4) is 0 Å². The van der Waals surface area contributed by atoms with Crippen LogP contribution in [-0.4, -0.2) is 64.4 Å². The van der Waals surface area contributed by atoms with E-state index >= 15 is 0 Å². The zero-order valence-corrected chi connectivity index (χ0v) is 10.0. The molecule has 95 valence electrons. The Morgan fingerprint density at radius 2 is 2.06 bits per heavy atom. The monoisotopic (exact) mass is 232 g/mol. The fourth-order valence-corrected chi connectivity index (χ4v) is 1.76. The van der Waals surface area contributed by atoms with Crippen LogP contribution in [0.15, 0.2) is 0 Å². The first-order valence-corrected chi connectivity index (χ1v) is 5.89. The SMILES string of the molecule is COCCCOC(CC[O])N1CCOCC1. The maximum Gasteiger partial charge on any atom is 0.113 e. The van der Waals surface area contributed by atoms with Gasteiger partial charge in [0.05, 0.1) is 26.4 Å². The highest BCUT2D eigenvalue weighted by Gasteiger charge is 2.20. The van der Waals surface area contributed by atoms with Crippen LogP contribution in [0, 0.1) is 0 Å². The summed E-state index contributed by atoms with van der Waals surface area (Å²) in [5.74, 6) is 0. The van der Waals surface area contributed by atoms with E-state index in [0.717, 1.165) is 32.7 Å². The Bertz CT molecular complexity index is 162. The smallest absolute Gasteiger partial charge is 0.113 e. The molecule has 0 bridgehead atoms. The van der Waals surface area contributed by atoms with Crippen LogP contribution in [0.2, 0.25) is 0 Å². The normalized spacial score (nSPS) is 19.9. The van der Waals surface area contributed by atoms with Gasteiger partial charge in [0.2, 0.25) is 0 Å². The van der Waals surface area contributed by atoms with Crippen LogP contribution < -0.4 is 0 Å². The molecule has 1 radical (unpaired) electrons. The molecule has 1 saturated heterocycles. The number of methoxy groups -OCH3 is 1. The van der Waals surface area contributed by atoms with E-state index < -0.39 is 0 Å². The highest BCUT2D eigenvalue weighted by molar-refractivity contribution is 4.66. The predicted octanol–water partition coefficient (Wildman–Crippen LogP) is 0.518. The van der Waals surface area contributed by atoms with Crippen molar-refractivity contribution < 1.29 is 19.3 Å². The fourth-order valence-electron chi connectivity index (χ4n) is 1.76. The number of morpholine rings is 1. The maximum atomic E-state index is 10.7. The standard InChI is InChI=1S/C11H22NO4/c1-14-7-2-8-16-11(3-6-13)12-4-9-15-10-5-12/h11H,2-10H2,1H3. The Labute approximate surface area is 97.3 Å². The fraction of sp³-hybridized carbons (Fsp3) is 1.00. The van der Waals surface area contributed by atoms with Crippen molar-refractivity contribution in [1.82, 2.24) is 4.90 Å². The second-order valence-corrected chi connectivity index (χ2v) is 3.81. The van der Waals surface area contributed by atoms with Gasteiger partial charge in [-0.3, -0.25) is 4.90 Å². The lowest BCUT2D eigenvalue weighted by atomic mass is 10.3. The average molecular weight is 232 g/mol. The van der Waals surface area contributed by atoms with E-state index in [-0.39, 0.29) is 12.8 Å². The highest BCUT2D eigenvalue weighted by Crippen LogP contribution is 2.09. The van der Waals surface area contributed by atoms with Gasteiger partial charge in [-0.2, -0.15) is 0 Å². The number of ether oxygens (including phenoxy) is 3. The summed E-state index contributed by atoms with van der Waals surface area (Å²) in [4.78, 5) is 2.19. The molecule has 1 rings (SSSR count). The lowest BCUT2D eigenvalue weighted by Crippen LogP contribution is -2.45. The predicted molar refractivity (Wildman–Crippen MR) is 58.8 cm³/mol. The van der Waals surface area contributed by atoms with Gasteiger partial charge < -0.3 is 14.2 Å². The van der Waals surface area contributed by atoms with Crippen molar-refractivity contribution in [3.63, 3.8) is 0 Å². The molecule has 0 saturated carbocycles. The molecule has 1 fully saturated rings. The molecule has 1 unspecified atom stereocenters. The van der Waals surface area contributed by atoms with Crippen molar-refractivity contribution >= 4 is 0 Å². The van der Waals surface area contributed by atoms with Crippen LogP contribution in [0.5, 0.6) is 0 Å². The largest absolute Gasteiger partial charge is 0.385 e. The molecule has 16 heavy (non-hydrogen) atoms. The zero-order chi connectivity index (χ0) is 11.6. The summed E-state index contributed by atoms with van der Waals surface area (Å²) in [6.45, 7) is 4.44. The van der Waals surface area contributed by atoms with Crippen molar-refractivity contribution in [1.29, 1.82) is 0 Å². The number of hydrogen-bond donors (Lipinski definition) is 0. The van der Waals surface area contributed by atoms with Crippen LogP contribution in [0.25, 0.3) is 0 Å². The molecule has 0 aromatic heterocycles. The third-order valence-corrected chi connectivity index (χ3v) is 2.62. The Morgan fingerprint density at radius 1 is 1.31 bits per heavy atom. The van der Waals surface area contributed by atoms with E-state index in [2.05, 4.69) is 4.90 Å². The van der Waals surface area contributed by atoms with Crippen LogP contribution in [0.1, 0.15) is 12.8 Å². The molecule has 0 amide bonds. The molecule has 1 atom stereocenters. The van der Waals surface area contributed by atoms with Crippen LogP contribution in [-0.2, 0) is 19.3 Å². The number of rotatable bonds is 8. The average Bonchev–Trinajstić information content (AvgIpc) is 2.34. The first kappa shape index (κ1) is 13.9. The minimum atomic E-state index is -0.0910. The van der Waals surface area contributed by atoms with Gasteiger partial charge in [0.1, 0.15) is 6.23 Å². The lowest BCUT2D eigenvalue weighted by Gasteiger charge is -2.33. The van der Waals surface area contributed by atoms with Gasteiger partial charge in [0.15, 0.2) is 0 Å². The zero-order valence-electron chi connectivity index (χ0n) is 10.0. The Morgan fingerprint density at radius 3 is 2.69 bits per heavy atom. The second-order valence-electron chi connectivity index (χ2n) is 3.81. The minimum absolute atomic E-state index is 0.0433. The third kappa shape index (κ3) is 5.23. The van der Waals surface area contributed by atoms with E-state index in [4.69, 9.17) is 14.2 Å². The van der Waals surface area contributed by atoms with Gasteiger partial charge in [-0.1, -0.05) is 0 Å². The molecule has 1 aliphatic rings. The number of nitrogens with zero attached hydrogens (tertiary/aromatic N) is 1. The number of hydrogen-bond acceptors (Lipinski definition) is 4. The van der Waals surface area contributed by atoms with Crippen molar-refractivity contribution in [2.24, 2.45) is 0 Å². The summed E-state index contributed by atoms with van der Waals surface area (Å²) in [5.41, 5.74) is 0. The summed E-state index contributed by atoms with van der Waals surface area (Å²) in [6, 6.07) is 0. The minimum Gasteiger partial charge on any atom is -0.385 e. The van der Waals surface area contributed by atoms with Crippen molar-refractivity contribution in [3.05, 3.63) is 0 Å². The van der Waals surface area contributed by atoms with Gasteiger partial charge in [0, 0.05) is 33.2 Å². The van der Waals surface area contributed by atoms with E-state index in [0.29, 0.717) is 19.6 Å². The summed E-state index contributed by atoms with van der Waals surface area (Å²) in [5, 5.41) is 10.7. The van der Waals surface area contributed by atoms with Gasteiger partial charge in [-0.05, 0) is 6.42 Å². The van der Waals surface area contributed by atoms with E-state index in [9.17, 15) is 5.11 Å².